The Bertz CT molecular complexity index is 428. The standard InChI is InChI=1S/C12H21N5/c1-8-11(9(2)17(3)16-8)6-7-14-12(13)15-10-4-5-10/h10H,4-7H2,1-3H3,(H3,13,14,15). The van der Waals surface area contributed by atoms with E-state index in [-0.39, 0.29) is 0 Å². The van der Waals surface area contributed by atoms with Gasteiger partial charge in [0.1, 0.15) is 0 Å². The van der Waals surface area contributed by atoms with Gasteiger partial charge in [-0.15, -0.1) is 0 Å². The van der Waals surface area contributed by atoms with E-state index in [9.17, 15) is 0 Å². The number of nitrogens with zero attached hydrogens (tertiary/aromatic N) is 3. The summed E-state index contributed by atoms with van der Waals surface area (Å²) in [7, 11) is 1.97. The highest BCUT2D eigenvalue weighted by atomic mass is 15.3. The average molecular weight is 235 g/mol. The number of guanidine groups is 1. The number of aromatic nitrogens is 2. The van der Waals surface area contributed by atoms with E-state index in [1.54, 1.807) is 0 Å². The minimum Gasteiger partial charge on any atom is -0.370 e. The lowest BCUT2D eigenvalue weighted by Gasteiger charge is -2.03. The summed E-state index contributed by atoms with van der Waals surface area (Å²) in [6, 6.07) is 0.570. The number of aryl methyl sites for hydroxylation is 2. The smallest absolute Gasteiger partial charge is 0.188 e. The van der Waals surface area contributed by atoms with E-state index in [2.05, 4.69) is 22.3 Å². The SMILES string of the molecule is Cc1nn(C)c(C)c1CCN=C(N)NC1CC1. The molecule has 0 spiro atoms. The molecule has 5 nitrogen and oxygen atoms in total. The molecule has 0 aliphatic heterocycles. The molecule has 1 aromatic rings. The molecule has 1 heterocycles. The summed E-state index contributed by atoms with van der Waals surface area (Å²) >= 11 is 0. The van der Waals surface area contributed by atoms with Crippen LogP contribution in [0.4, 0.5) is 0 Å². The molecule has 94 valence electrons. The van der Waals surface area contributed by atoms with E-state index in [0.29, 0.717) is 12.0 Å². The van der Waals surface area contributed by atoms with E-state index in [0.717, 1.165) is 18.7 Å². The number of nitrogens with one attached hydrogen (secondary N) is 1. The van der Waals surface area contributed by atoms with Crippen molar-refractivity contribution in [1.82, 2.24) is 15.1 Å². The van der Waals surface area contributed by atoms with Crippen molar-refractivity contribution in [2.45, 2.75) is 39.2 Å². The highest BCUT2D eigenvalue weighted by Crippen LogP contribution is 2.18. The molecule has 0 unspecified atom stereocenters. The second-order valence-electron chi connectivity index (χ2n) is 4.71. The van der Waals surface area contributed by atoms with Gasteiger partial charge in [-0.3, -0.25) is 9.67 Å². The number of nitrogens with two attached hydrogens (primary N) is 1. The van der Waals surface area contributed by atoms with E-state index in [1.807, 2.05) is 18.7 Å². The van der Waals surface area contributed by atoms with Crippen molar-refractivity contribution in [3.05, 3.63) is 17.0 Å². The third-order valence-electron chi connectivity index (χ3n) is 3.23. The second-order valence-corrected chi connectivity index (χ2v) is 4.71. The summed E-state index contributed by atoms with van der Waals surface area (Å²) in [6.07, 6.45) is 3.34. The van der Waals surface area contributed by atoms with Crippen molar-refractivity contribution in [3.63, 3.8) is 0 Å². The first-order valence-electron chi connectivity index (χ1n) is 6.13. The second kappa shape index (κ2) is 4.77. The third-order valence-corrected chi connectivity index (χ3v) is 3.23. The molecule has 1 aliphatic carbocycles. The molecule has 0 saturated heterocycles. The summed E-state index contributed by atoms with van der Waals surface area (Å²) < 4.78 is 1.92. The van der Waals surface area contributed by atoms with E-state index in [4.69, 9.17) is 5.73 Å². The van der Waals surface area contributed by atoms with Crippen LogP contribution in [0.5, 0.6) is 0 Å². The van der Waals surface area contributed by atoms with Crippen LogP contribution in [0.15, 0.2) is 4.99 Å². The minimum absolute atomic E-state index is 0.570. The molecule has 17 heavy (non-hydrogen) atoms. The predicted molar refractivity (Wildman–Crippen MR) is 69.0 cm³/mol. The highest BCUT2D eigenvalue weighted by Gasteiger charge is 2.21. The van der Waals surface area contributed by atoms with E-state index < -0.39 is 0 Å². The summed E-state index contributed by atoms with van der Waals surface area (Å²) in [5.41, 5.74) is 9.37. The van der Waals surface area contributed by atoms with Crippen LogP contribution in [0.3, 0.4) is 0 Å². The molecule has 0 radical (unpaired) electrons. The van der Waals surface area contributed by atoms with Crippen LogP contribution >= 0.6 is 0 Å². The van der Waals surface area contributed by atoms with Crippen LogP contribution < -0.4 is 11.1 Å². The topological polar surface area (TPSA) is 68.2 Å². The van der Waals surface area contributed by atoms with Crippen LogP contribution in [0.1, 0.15) is 29.8 Å². The molecule has 1 saturated carbocycles. The minimum atomic E-state index is 0.570. The maximum absolute atomic E-state index is 5.78. The van der Waals surface area contributed by atoms with Gasteiger partial charge >= 0.3 is 0 Å². The van der Waals surface area contributed by atoms with Crippen LogP contribution in [0.25, 0.3) is 0 Å². The lowest BCUT2D eigenvalue weighted by molar-refractivity contribution is 0.730. The van der Waals surface area contributed by atoms with Crippen molar-refractivity contribution in [2.24, 2.45) is 17.8 Å². The molecule has 0 atom stereocenters. The Kier molecular flexibility index (Phi) is 3.36. The lowest BCUT2D eigenvalue weighted by Crippen LogP contribution is -2.33. The molecule has 1 fully saturated rings. The molecule has 1 aliphatic rings. The summed E-state index contributed by atoms with van der Waals surface area (Å²) in [5, 5.41) is 7.57. The lowest BCUT2D eigenvalue weighted by atomic mass is 10.1. The maximum atomic E-state index is 5.78. The van der Waals surface area contributed by atoms with Crippen molar-refractivity contribution < 1.29 is 0 Å². The number of hydrogen-bond donors (Lipinski definition) is 2. The van der Waals surface area contributed by atoms with Gasteiger partial charge in [0.25, 0.3) is 0 Å². The van der Waals surface area contributed by atoms with E-state index in [1.165, 1.54) is 24.1 Å². The van der Waals surface area contributed by atoms with Gasteiger partial charge in [-0.05, 0) is 38.7 Å². The molecule has 2 rings (SSSR count). The van der Waals surface area contributed by atoms with Crippen LogP contribution in [0.2, 0.25) is 0 Å². The largest absolute Gasteiger partial charge is 0.370 e. The first-order valence-corrected chi connectivity index (χ1v) is 6.13. The van der Waals surface area contributed by atoms with Crippen molar-refractivity contribution >= 4 is 5.96 Å². The fourth-order valence-corrected chi connectivity index (χ4v) is 1.95. The fraction of sp³-hybridized carbons (Fsp3) is 0.667. The number of hydrogen-bond acceptors (Lipinski definition) is 2. The Morgan fingerprint density at radius 1 is 1.53 bits per heavy atom. The third kappa shape index (κ3) is 2.99. The van der Waals surface area contributed by atoms with Crippen LogP contribution in [0, 0.1) is 13.8 Å². The molecular weight excluding hydrogens is 214 g/mol. The molecule has 1 aromatic heterocycles. The normalized spacial score (nSPS) is 16.3. The maximum Gasteiger partial charge on any atom is 0.188 e. The zero-order valence-corrected chi connectivity index (χ0v) is 10.8. The number of rotatable bonds is 4. The summed E-state index contributed by atoms with van der Waals surface area (Å²) in [6.45, 7) is 4.85. The molecule has 5 heteroatoms. The van der Waals surface area contributed by atoms with Gasteiger partial charge < -0.3 is 11.1 Å². The van der Waals surface area contributed by atoms with Gasteiger partial charge in [-0.1, -0.05) is 0 Å². The van der Waals surface area contributed by atoms with Gasteiger partial charge in [0.05, 0.1) is 5.69 Å². The van der Waals surface area contributed by atoms with Gasteiger partial charge in [0.2, 0.25) is 0 Å². The first kappa shape index (κ1) is 12.0. The van der Waals surface area contributed by atoms with Crippen molar-refractivity contribution in [1.29, 1.82) is 0 Å². The fourth-order valence-electron chi connectivity index (χ4n) is 1.95. The molecule has 0 aromatic carbocycles. The van der Waals surface area contributed by atoms with E-state index >= 15 is 0 Å². The molecule has 0 amide bonds. The Labute approximate surface area is 102 Å². The zero-order valence-electron chi connectivity index (χ0n) is 10.8. The van der Waals surface area contributed by atoms with Gasteiger partial charge in [-0.25, -0.2) is 0 Å². The first-order chi connectivity index (χ1) is 8.08. The average Bonchev–Trinajstić information content (AvgIpc) is 3.02. The molecule has 0 bridgehead atoms. The van der Waals surface area contributed by atoms with Gasteiger partial charge in [0.15, 0.2) is 5.96 Å². The zero-order chi connectivity index (χ0) is 12.4. The Hall–Kier alpha value is -1.52. The Morgan fingerprint density at radius 3 is 2.76 bits per heavy atom. The monoisotopic (exact) mass is 235 g/mol. The van der Waals surface area contributed by atoms with Crippen molar-refractivity contribution in [3.8, 4) is 0 Å². The van der Waals surface area contributed by atoms with Gasteiger partial charge in [0, 0.05) is 25.3 Å². The summed E-state index contributed by atoms with van der Waals surface area (Å²) in [5.74, 6) is 0.576. The molecular formula is C12H21N5. The van der Waals surface area contributed by atoms with Crippen LogP contribution in [-0.4, -0.2) is 28.3 Å². The quantitative estimate of drug-likeness (QED) is 0.594. The Balaban J connectivity index is 1.88. The number of aliphatic imine (C=N–C) groups is 1. The molecule has 3 N–H and O–H groups in total. The Morgan fingerprint density at radius 2 is 2.24 bits per heavy atom. The summed E-state index contributed by atoms with van der Waals surface area (Å²) in [4.78, 5) is 4.34. The van der Waals surface area contributed by atoms with Gasteiger partial charge in [-0.2, -0.15) is 5.10 Å². The predicted octanol–water partition coefficient (Wildman–Crippen LogP) is 0.646. The van der Waals surface area contributed by atoms with Crippen molar-refractivity contribution in [2.75, 3.05) is 6.54 Å². The van der Waals surface area contributed by atoms with Crippen LogP contribution in [-0.2, 0) is 13.5 Å². The highest BCUT2D eigenvalue weighted by molar-refractivity contribution is 5.78.